The number of rotatable bonds is 10. The molecule has 0 saturated heterocycles. The zero-order valence-electron chi connectivity index (χ0n) is 15.0. The molecule has 0 spiro atoms. The van der Waals surface area contributed by atoms with Crippen LogP contribution in [0.4, 0.5) is 0 Å². The number of halogens is 1. The Morgan fingerprint density at radius 1 is 1.08 bits per heavy atom. The Morgan fingerprint density at radius 2 is 1.80 bits per heavy atom. The highest BCUT2D eigenvalue weighted by Crippen LogP contribution is 2.30. The van der Waals surface area contributed by atoms with Gasteiger partial charge in [0.05, 0.1) is 13.2 Å². The average Bonchev–Trinajstić information content (AvgIpc) is 3.51. The Hall–Kier alpha value is -1.02. The van der Waals surface area contributed by atoms with E-state index in [-0.39, 0.29) is 24.0 Å². The summed E-state index contributed by atoms with van der Waals surface area (Å²) in [6, 6.07) is 8.21. The molecule has 2 saturated carbocycles. The molecule has 0 amide bonds. The predicted molar refractivity (Wildman–Crippen MR) is 112 cm³/mol. The number of hydrogen-bond donors (Lipinski definition) is 2. The van der Waals surface area contributed by atoms with Gasteiger partial charge in [0.2, 0.25) is 0 Å². The second-order valence-electron chi connectivity index (χ2n) is 6.73. The molecule has 3 rings (SSSR count). The number of benzene rings is 1. The van der Waals surface area contributed by atoms with E-state index in [2.05, 4.69) is 21.7 Å². The van der Waals surface area contributed by atoms with Crippen molar-refractivity contribution in [2.45, 2.75) is 32.2 Å². The van der Waals surface area contributed by atoms with E-state index in [0.29, 0.717) is 6.54 Å². The Morgan fingerprint density at radius 3 is 2.52 bits per heavy atom. The lowest BCUT2D eigenvalue weighted by Crippen LogP contribution is -2.38. The van der Waals surface area contributed by atoms with Gasteiger partial charge in [-0.2, -0.15) is 0 Å². The first kappa shape index (κ1) is 20.3. The maximum Gasteiger partial charge on any atom is 0.191 e. The SMILES string of the molecule is CN=C(NCCOCC1CC1)NCc1ccccc1OCC1CC1.I. The van der Waals surface area contributed by atoms with Crippen LogP contribution in [0, 0.1) is 11.8 Å². The number of guanidine groups is 1. The van der Waals surface area contributed by atoms with Crippen LogP contribution in [0.2, 0.25) is 0 Å². The Balaban J connectivity index is 0.00000225. The third-order valence-electron chi connectivity index (χ3n) is 4.40. The molecule has 0 radical (unpaired) electrons. The zero-order valence-corrected chi connectivity index (χ0v) is 17.3. The van der Waals surface area contributed by atoms with Gasteiger partial charge in [0.1, 0.15) is 5.75 Å². The standard InChI is InChI=1S/C19H29N3O2.HI/c1-20-19(21-10-11-23-13-15-6-7-15)22-12-17-4-2-3-5-18(17)24-14-16-8-9-16;/h2-5,15-16H,6-14H2,1H3,(H2,20,21,22);1H. The molecule has 0 aromatic heterocycles. The fourth-order valence-corrected chi connectivity index (χ4v) is 2.46. The summed E-state index contributed by atoms with van der Waals surface area (Å²) in [4.78, 5) is 4.26. The Bertz CT molecular complexity index is 545. The Labute approximate surface area is 168 Å². The molecule has 6 heteroatoms. The molecule has 0 aliphatic heterocycles. The zero-order chi connectivity index (χ0) is 16.6. The van der Waals surface area contributed by atoms with Crippen LogP contribution in [0.1, 0.15) is 31.2 Å². The summed E-state index contributed by atoms with van der Waals surface area (Å²) in [5.74, 6) is 3.34. The molecular weight excluding hydrogens is 429 g/mol. The van der Waals surface area contributed by atoms with E-state index in [9.17, 15) is 0 Å². The molecular formula is C19H30IN3O2. The summed E-state index contributed by atoms with van der Waals surface area (Å²) >= 11 is 0. The van der Waals surface area contributed by atoms with E-state index in [1.807, 2.05) is 18.2 Å². The smallest absolute Gasteiger partial charge is 0.191 e. The minimum absolute atomic E-state index is 0. The fourth-order valence-electron chi connectivity index (χ4n) is 2.46. The molecule has 0 atom stereocenters. The lowest BCUT2D eigenvalue weighted by atomic mass is 10.2. The lowest BCUT2D eigenvalue weighted by molar-refractivity contribution is 0.129. The van der Waals surface area contributed by atoms with Crippen molar-refractivity contribution in [1.29, 1.82) is 0 Å². The Kier molecular flexibility index (Phi) is 8.81. The van der Waals surface area contributed by atoms with Crippen LogP contribution >= 0.6 is 24.0 Å². The van der Waals surface area contributed by atoms with E-state index < -0.39 is 0 Å². The van der Waals surface area contributed by atoms with E-state index in [4.69, 9.17) is 9.47 Å². The van der Waals surface area contributed by atoms with Gasteiger partial charge in [-0.1, -0.05) is 18.2 Å². The first-order valence-corrected chi connectivity index (χ1v) is 9.08. The van der Waals surface area contributed by atoms with Crippen LogP contribution in [0.25, 0.3) is 0 Å². The van der Waals surface area contributed by atoms with Crippen molar-refractivity contribution in [3.8, 4) is 5.75 Å². The third-order valence-corrected chi connectivity index (χ3v) is 4.40. The number of hydrogen-bond acceptors (Lipinski definition) is 3. The fraction of sp³-hybridized carbons (Fsp3) is 0.632. The molecule has 140 valence electrons. The normalized spacial score (nSPS) is 16.9. The van der Waals surface area contributed by atoms with Crippen LogP contribution in [0.15, 0.2) is 29.3 Å². The van der Waals surface area contributed by atoms with Crippen molar-refractivity contribution in [1.82, 2.24) is 10.6 Å². The van der Waals surface area contributed by atoms with E-state index in [1.54, 1.807) is 7.05 Å². The lowest BCUT2D eigenvalue weighted by Gasteiger charge is -2.15. The molecule has 5 nitrogen and oxygen atoms in total. The van der Waals surface area contributed by atoms with Crippen LogP contribution in [0.3, 0.4) is 0 Å². The molecule has 2 aliphatic rings. The summed E-state index contributed by atoms with van der Waals surface area (Å²) in [5, 5.41) is 6.63. The molecule has 0 heterocycles. The second kappa shape index (κ2) is 10.9. The summed E-state index contributed by atoms with van der Waals surface area (Å²) in [6.45, 7) is 3.93. The van der Waals surface area contributed by atoms with E-state index in [0.717, 1.165) is 55.5 Å². The van der Waals surface area contributed by atoms with Crippen LogP contribution < -0.4 is 15.4 Å². The first-order valence-electron chi connectivity index (χ1n) is 9.08. The quantitative estimate of drug-likeness (QED) is 0.244. The summed E-state index contributed by atoms with van der Waals surface area (Å²) in [5.41, 5.74) is 1.16. The molecule has 0 unspecified atom stereocenters. The highest BCUT2D eigenvalue weighted by atomic mass is 127. The van der Waals surface area contributed by atoms with Gasteiger partial charge in [-0.25, -0.2) is 0 Å². The van der Waals surface area contributed by atoms with Crippen LogP contribution in [-0.4, -0.2) is 39.4 Å². The van der Waals surface area contributed by atoms with Gasteiger partial charge in [-0.15, -0.1) is 24.0 Å². The number of nitrogens with one attached hydrogen (secondary N) is 2. The van der Waals surface area contributed by atoms with E-state index in [1.165, 1.54) is 25.7 Å². The maximum atomic E-state index is 5.95. The molecule has 1 aromatic rings. The number of nitrogens with zero attached hydrogens (tertiary/aromatic N) is 1. The van der Waals surface area contributed by atoms with E-state index >= 15 is 0 Å². The van der Waals surface area contributed by atoms with Gasteiger partial charge in [-0.05, 0) is 43.6 Å². The van der Waals surface area contributed by atoms with Gasteiger partial charge in [0, 0.05) is 32.3 Å². The van der Waals surface area contributed by atoms with Gasteiger partial charge < -0.3 is 20.1 Å². The molecule has 2 aliphatic carbocycles. The minimum Gasteiger partial charge on any atom is -0.493 e. The number of para-hydroxylation sites is 1. The van der Waals surface area contributed by atoms with Crippen molar-refractivity contribution in [2.75, 3.05) is 33.4 Å². The number of ether oxygens (including phenoxy) is 2. The minimum atomic E-state index is 0. The highest BCUT2D eigenvalue weighted by molar-refractivity contribution is 14.0. The van der Waals surface area contributed by atoms with Crippen molar-refractivity contribution >= 4 is 29.9 Å². The topological polar surface area (TPSA) is 54.9 Å². The van der Waals surface area contributed by atoms with Crippen molar-refractivity contribution in [3.63, 3.8) is 0 Å². The largest absolute Gasteiger partial charge is 0.493 e. The predicted octanol–water partition coefficient (Wildman–Crippen LogP) is 3.19. The van der Waals surface area contributed by atoms with Crippen LogP contribution in [-0.2, 0) is 11.3 Å². The van der Waals surface area contributed by atoms with Crippen molar-refractivity contribution in [3.05, 3.63) is 29.8 Å². The third kappa shape index (κ3) is 7.81. The van der Waals surface area contributed by atoms with Gasteiger partial charge in [0.25, 0.3) is 0 Å². The molecule has 2 fully saturated rings. The van der Waals surface area contributed by atoms with Crippen molar-refractivity contribution < 1.29 is 9.47 Å². The monoisotopic (exact) mass is 459 g/mol. The van der Waals surface area contributed by atoms with Gasteiger partial charge in [0.15, 0.2) is 5.96 Å². The van der Waals surface area contributed by atoms with Crippen LogP contribution in [0.5, 0.6) is 5.75 Å². The average molecular weight is 459 g/mol. The van der Waals surface area contributed by atoms with Gasteiger partial charge in [-0.3, -0.25) is 4.99 Å². The summed E-state index contributed by atoms with van der Waals surface area (Å²) < 4.78 is 11.6. The molecule has 25 heavy (non-hydrogen) atoms. The van der Waals surface area contributed by atoms with Crippen molar-refractivity contribution in [2.24, 2.45) is 16.8 Å². The molecule has 0 bridgehead atoms. The summed E-state index contributed by atoms with van der Waals surface area (Å²) in [6.07, 6.45) is 5.28. The summed E-state index contributed by atoms with van der Waals surface area (Å²) in [7, 11) is 1.79. The maximum absolute atomic E-state index is 5.95. The van der Waals surface area contributed by atoms with Gasteiger partial charge >= 0.3 is 0 Å². The first-order chi connectivity index (χ1) is 11.8. The second-order valence-corrected chi connectivity index (χ2v) is 6.73. The molecule has 2 N–H and O–H groups in total. The highest BCUT2D eigenvalue weighted by Gasteiger charge is 2.22. The number of aliphatic imine (C=N–C) groups is 1. The molecule has 1 aromatic carbocycles.